The maximum atomic E-state index is 12.1. The number of nitrogens with zero attached hydrogens (tertiary/aromatic N) is 2. The highest BCUT2D eigenvalue weighted by atomic mass is 35.5. The van der Waals surface area contributed by atoms with Crippen LogP contribution in [0.4, 0.5) is 5.69 Å². The summed E-state index contributed by atoms with van der Waals surface area (Å²) in [6.07, 6.45) is 3.39. The first kappa shape index (κ1) is 16.0. The number of hydrogen-bond donors (Lipinski definition) is 2. The second-order valence-corrected chi connectivity index (χ2v) is 5.40. The molecule has 7 heteroatoms. The van der Waals surface area contributed by atoms with Gasteiger partial charge in [-0.15, -0.1) is 0 Å². The fourth-order valence-electron chi connectivity index (χ4n) is 2.08. The summed E-state index contributed by atoms with van der Waals surface area (Å²) in [6, 6.07) is 6.63. The van der Waals surface area contributed by atoms with Gasteiger partial charge in [0.05, 0.1) is 24.3 Å². The molecule has 1 heterocycles. The normalized spacial score (nSPS) is 11.8. The number of carbonyl (C=O) groups excluding carboxylic acids is 2. The van der Waals surface area contributed by atoms with Gasteiger partial charge in [0.1, 0.15) is 0 Å². The minimum atomic E-state index is -0.411. The highest BCUT2D eigenvalue weighted by Crippen LogP contribution is 2.20. The molecule has 2 aromatic rings. The van der Waals surface area contributed by atoms with Gasteiger partial charge in [-0.1, -0.05) is 23.7 Å². The topological polar surface area (TPSA) is 76.0 Å². The predicted octanol–water partition coefficient (Wildman–Crippen LogP) is 2.28. The summed E-state index contributed by atoms with van der Waals surface area (Å²) in [5, 5.41) is 10.1. The van der Waals surface area contributed by atoms with E-state index in [1.807, 2.05) is 0 Å². The molecule has 0 aliphatic carbocycles. The number of nitrogens with one attached hydrogen (secondary N) is 2. The van der Waals surface area contributed by atoms with Crippen LogP contribution in [0.25, 0.3) is 0 Å². The molecular formula is C15H17ClN4O2. The third-order valence-corrected chi connectivity index (χ3v) is 3.28. The van der Waals surface area contributed by atoms with Gasteiger partial charge in [0.2, 0.25) is 11.8 Å². The van der Waals surface area contributed by atoms with E-state index < -0.39 is 6.04 Å². The van der Waals surface area contributed by atoms with Crippen LogP contribution in [0.15, 0.2) is 36.7 Å². The molecule has 1 atom stereocenters. The van der Waals surface area contributed by atoms with E-state index in [1.165, 1.54) is 6.92 Å². The lowest BCUT2D eigenvalue weighted by Crippen LogP contribution is -2.29. The summed E-state index contributed by atoms with van der Waals surface area (Å²) in [4.78, 5) is 23.5. The summed E-state index contributed by atoms with van der Waals surface area (Å²) in [5.41, 5.74) is 1.44. The minimum absolute atomic E-state index is 0.121. The van der Waals surface area contributed by atoms with E-state index in [0.29, 0.717) is 10.7 Å². The number of rotatable bonds is 5. The zero-order valence-electron chi connectivity index (χ0n) is 12.3. The highest BCUT2D eigenvalue weighted by molar-refractivity contribution is 6.30. The van der Waals surface area contributed by atoms with Crippen LogP contribution in [-0.2, 0) is 16.6 Å². The minimum Gasteiger partial charge on any atom is -0.349 e. The van der Waals surface area contributed by atoms with Crippen molar-refractivity contribution in [1.82, 2.24) is 15.1 Å². The number of aryl methyl sites for hydroxylation is 1. The molecule has 0 aliphatic rings. The molecule has 0 unspecified atom stereocenters. The quantitative estimate of drug-likeness (QED) is 0.887. The van der Waals surface area contributed by atoms with Gasteiger partial charge in [-0.05, 0) is 17.7 Å². The number of halogens is 1. The van der Waals surface area contributed by atoms with E-state index in [9.17, 15) is 9.59 Å². The molecule has 0 aliphatic heterocycles. The van der Waals surface area contributed by atoms with Gasteiger partial charge in [0, 0.05) is 25.2 Å². The molecule has 0 fully saturated rings. The summed E-state index contributed by atoms with van der Waals surface area (Å²) >= 11 is 5.86. The molecule has 2 N–H and O–H groups in total. The molecule has 0 saturated carbocycles. The van der Waals surface area contributed by atoms with Crippen LogP contribution in [-0.4, -0.2) is 21.6 Å². The van der Waals surface area contributed by atoms with Gasteiger partial charge in [0.15, 0.2) is 0 Å². The van der Waals surface area contributed by atoms with Crippen LogP contribution in [0.3, 0.4) is 0 Å². The third-order valence-electron chi connectivity index (χ3n) is 3.03. The third kappa shape index (κ3) is 4.60. The van der Waals surface area contributed by atoms with Gasteiger partial charge in [-0.25, -0.2) is 0 Å². The van der Waals surface area contributed by atoms with E-state index in [1.54, 1.807) is 48.4 Å². The second kappa shape index (κ2) is 7.09. The lowest BCUT2D eigenvalue weighted by atomic mass is 10.0. The van der Waals surface area contributed by atoms with E-state index in [-0.39, 0.29) is 18.2 Å². The van der Waals surface area contributed by atoms with Gasteiger partial charge >= 0.3 is 0 Å². The van der Waals surface area contributed by atoms with Crippen molar-refractivity contribution in [1.29, 1.82) is 0 Å². The van der Waals surface area contributed by atoms with Crippen LogP contribution < -0.4 is 10.6 Å². The molecule has 0 saturated heterocycles. The summed E-state index contributed by atoms with van der Waals surface area (Å²) in [7, 11) is 1.77. The van der Waals surface area contributed by atoms with Crippen molar-refractivity contribution in [3.8, 4) is 0 Å². The van der Waals surface area contributed by atoms with Crippen LogP contribution in [0.2, 0.25) is 5.02 Å². The number of aromatic nitrogens is 2. The smallest absolute Gasteiger partial charge is 0.226 e. The lowest BCUT2D eigenvalue weighted by molar-refractivity contribution is -0.120. The number of amides is 2. The maximum Gasteiger partial charge on any atom is 0.226 e. The Kier molecular flexibility index (Phi) is 5.16. The average molecular weight is 321 g/mol. The zero-order valence-corrected chi connectivity index (χ0v) is 13.1. The first-order chi connectivity index (χ1) is 10.4. The molecule has 0 bridgehead atoms. The summed E-state index contributed by atoms with van der Waals surface area (Å²) in [5.74, 6) is -0.407. The number of benzene rings is 1. The molecule has 22 heavy (non-hydrogen) atoms. The number of hydrogen-bond acceptors (Lipinski definition) is 3. The predicted molar refractivity (Wildman–Crippen MR) is 84.5 cm³/mol. The molecule has 0 spiro atoms. The van der Waals surface area contributed by atoms with Crippen molar-refractivity contribution in [2.45, 2.75) is 19.4 Å². The Hall–Kier alpha value is -2.34. The fraction of sp³-hybridized carbons (Fsp3) is 0.267. The first-order valence-corrected chi connectivity index (χ1v) is 7.13. The van der Waals surface area contributed by atoms with Crippen molar-refractivity contribution in [2.75, 3.05) is 5.32 Å². The molecule has 116 valence electrons. The van der Waals surface area contributed by atoms with Crippen LogP contribution in [0.1, 0.15) is 24.9 Å². The zero-order chi connectivity index (χ0) is 16.1. The summed E-state index contributed by atoms with van der Waals surface area (Å²) < 4.78 is 1.60. The van der Waals surface area contributed by atoms with Crippen molar-refractivity contribution in [2.24, 2.45) is 7.05 Å². The van der Waals surface area contributed by atoms with E-state index >= 15 is 0 Å². The standard InChI is InChI=1S/C15H17ClN4O2/c1-10(21)18-14(11-3-5-12(16)6-4-11)7-15(22)19-13-8-17-20(2)9-13/h3-6,8-9,14H,7H2,1-2H3,(H,18,21)(H,19,22)/t14-/m1/s1. The monoisotopic (exact) mass is 320 g/mol. The Morgan fingerprint density at radius 1 is 1.32 bits per heavy atom. The Bertz CT molecular complexity index is 666. The summed E-state index contributed by atoms with van der Waals surface area (Å²) in [6.45, 7) is 1.42. The van der Waals surface area contributed by atoms with E-state index in [0.717, 1.165) is 5.56 Å². The molecule has 2 rings (SSSR count). The largest absolute Gasteiger partial charge is 0.349 e. The van der Waals surface area contributed by atoms with Crippen LogP contribution in [0.5, 0.6) is 0 Å². The van der Waals surface area contributed by atoms with Gasteiger partial charge in [-0.2, -0.15) is 5.10 Å². The van der Waals surface area contributed by atoms with E-state index in [2.05, 4.69) is 15.7 Å². The number of carbonyl (C=O) groups is 2. The SMILES string of the molecule is CC(=O)N[C@H](CC(=O)Nc1cnn(C)c1)c1ccc(Cl)cc1. The molecule has 6 nitrogen and oxygen atoms in total. The Balaban J connectivity index is 2.07. The maximum absolute atomic E-state index is 12.1. The van der Waals surface area contributed by atoms with Crippen LogP contribution >= 0.6 is 11.6 Å². The average Bonchev–Trinajstić information content (AvgIpc) is 2.83. The van der Waals surface area contributed by atoms with Gasteiger partial charge in [-0.3, -0.25) is 14.3 Å². The van der Waals surface area contributed by atoms with Gasteiger partial charge in [0.25, 0.3) is 0 Å². The second-order valence-electron chi connectivity index (χ2n) is 4.96. The Morgan fingerprint density at radius 3 is 2.55 bits per heavy atom. The van der Waals surface area contributed by atoms with Crippen molar-refractivity contribution in [3.63, 3.8) is 0 Å². The molecule has 0 radical (unpaired) electrons. The van der Waals surface area contributed by atoms with Crippen molar-refractivity contribution in [3.05, 3.63) is 47.2 Å². The Labute approximate surface area is 133 Å². The Morgan fingerprint density at radius 2 is 2.00 bits per heavy atom. The number of anilines is 1. The van der Waals surface area contributed by atoms with E-state index in [4.69, 9.17) is 11.6 Å². The van der Waals surface area contributed by atoms with Crippen LogP contribution in [0, 0.1) is 0 Å². The molecule has 2 amide bonds. The molecular weight excluding hydrogens is 304 g/mol. The molecule has 1 aromatic heterocycles. The van der Waals surface area contributed by atoms with Gasteiger partial charge < -0.3 is 10.6 Å². The first-order valence-electron chi connectivity index (χ1n) is 6.75. The molecule has 1 aromatic carbocycles. The lowest BCUT2D eigenvalue weighted by Gasteiger charge is -2.18. The van der Waals surface area contributed by atoms with Crippen molar-refractivity contribution < 1.29 is 9.59 Å². The highest BCUT2D eigenvalue weighted by Gasteiger charge is 2.17. The van der Waals surface area contributed by atoms with Crippen molar-refractivity contribution >= 4 is 29.1 Å². The fourth-order valence-corrected chi connectivity index (χ4v) is 2.20.